The van der Waals surface area contributed by atoms with Crippen LogP contribution >= 0.6 is 71.7 Å². The number of ether oxygens (including phenoxy) is 1. The van der Waals surface area contributed by atoms with Crippen molar-refractivity contribution >= 4 is 95.5 Å². The standard InChI is InChI=1S/C30H40N4O6S.CH4.3HI.V/c1-6-40-29(39)32-20(3)26(36)33-23(16-21-13-8-7-9-14-21)24(35)28(38)34-18-41-30(4,5)25(34)27(37)31-17-22-15-11-10-12-19(22)2;;;;;/h7-15,20,23-25,35H,6,16-18H2,1-5H3,(H,31,37)(H,32,39)(H,33,36);1H4;3*1H;/q;;;;;+3/p-3/t20-,23-,24-,25+;;;;;/m0...../s1. The van der Waals surface area contributed by atoms with Gasteiger partial charge < -0.3 is 30.7 Å². The van der Waals surface area contributed by atoms with Gasteiger partial charge in [-0.25, -0.2) is 4.79 Å². The van der Waals surface area contributed by atoms with E-state index in [9.17, 15) is 24.3 Å². The van der Waals surface area contributed by atoms with Crippen LogP contribution in [0.25, 0.3) is 0 Å². The summed E-state index contributed by atoms with van der Waals surface area (Å²) in [5, 5.41) is 19.5. The first-order chi connectivity index (χ1) is 21.2. The number of halogens is 3. The molecule has 1 aliphatic heterocycles. The maximum atomic E-state index is 13.8. The third-order valence-electron chi connectivity index (χ3n) is 7.05. The molecule has 0 spiro atoms. The number of amides is 4. The Labute approximate surface area is 314 Å². The van der Waals surface area contributed by atoms with Crippen molar-refractivity contribution in [2.45, 2.75) is 84.0 Å². The first-order valence-electron chi connectivity index (χ1n) is 14.2. The minimum atomic E-state index is -1.64. The zero-order valence-corrected chi connectivity index (χ0v) is 34.4. The fourth-order valence-electron chi connectivity index (χ4n) is 4.67. The number of benzene rings is 2. The Kier molecular flexibility index (Phi) is 20.0. The number of aryl methyl sites for hydroxylation is 1. The van der Waals surface area contributed by atoms with Gasteiger partial charge >= 0.3 is 71.0 Å². The molecule has 46 heavy (non-hydrogen) atoms. The van der Waals surface area contributed by atoms with E-state index in [-0.39, 0.29) is 37.2 Å². The van der Waals surface area contributed by atoms with Gasteiger partial charge in [0.1, 0.15) is 12.1 Å². The number of aliphatic hydroxyl groups excluding tert-OH is 1. The number of aliphatic hydroxyl groups is 1. The number of hydrogen-bond acceptors (Lipinski definition) is 7. The molecule has 1 aliphatic rings. The van der Waals surface area contributed by atoms with E-state index in [2.05, 4.69) is 75.9 Å². The van der Waals surface area contributed by atoms with Gasteiger partial charge in [0.2, 0.25) is 11.8 Å². The first kappa shape index (κ1) is 43.2. The Hall–Kier alpha value is -0.796. The van der Waals surface area contributed by atoms with E-state index in [1.807, 2.05) is 75.4 Å². The molecular weight excluding hydrogens is 988 g/mol. The Morgan fingerprint density at radius 3 is 2.24 bits per heavy atom. The second kappa shape index (κ2) is 21.3. The molecule has 4 N–H and O–H groups in total. The summed E-state index contributed by atoms with van der Waals surface area (Å²) < 4.78 is 4.23. The molecule has 0 unspecified atom stereocenters. The van der Waals surface area contributed by atoms with Crippen LogP contribution < -0.4 is 16.0 Å². The molecule has 3 rings (SSSR count). The van der Waals surface area contributed by atoms with E-state index in [4.69, 9.17) is 4.74 Å². The molecule has 4 amide bonds. The predicted molar refractivity (Wildman–Crippen MR) is 207 cm³/mol. The first-order valence-corrected chi connectivity index (χ1v) is 28.7. The average Bonchev–Trinajstić information content (AvgIpc) is 3.30. The number of hydrogen-bond donors (Lipinski definition) is 4. The van der Waals surface area contributed by atoms with E-state index in [1.54, 1.807) is 6.92 Å². The van der Waals surface area contributed by atoms with Crippen LogP contribution in [0.2, 0.25) is 0 Å². The van der Waals surface area contributed by atoms with Crippen LogP contribution in [0.3, 0.4) is 0 Å². The molecule has 0 aliphatic carbocycles. The Morgan fingerprint density at radius 2 is 1.65 bits per heavy atom. The van der Waals surface area contributed by atoms with Crippen LogP contribution in [0.15, 0.2) is 54.6 Å². The van der Waals surface area contributed by atoms with Crippen LogP contribution in [0.1, 0.15) is 51.8 Å². The van der Waals surface area contributed by atoms with Crippen molar-refractivity contribution in [2.24, 2.45) is 0 Å². The van der Waals surface area contributed by atoms with Crippen LogP contribution in [-0.2, 0) is 37.0 Å². The second-order valence-corrected chi connectivity index (χ2v) is 47.7. The van der Waals surface area contributed by atoms with E-state index in [0.717, 1.165) is 16.7 Å². The van der Waals surface area contributed by atoms with Gasteiger partial charge in [-0.05, 0) is 57.7 Å². The average molecular weight is 1030 g/mol. The van der Waals surface area contributed by atoms with Crippen LogP contribution in [0.5, 0.6) is 0 Å². The van der Waals surface area contributed by atoms with E-state index in [1.165, 1.54) is 23.6 Å². The summed E-state index contributed by atoms with van der Waals surface area (Å²) in [6.07, 6.45) is -2.24. The van der Waals surface area contributed by atoms with Crippen molar-refractivity contribution in [3.8, 4) is 0 Å². The molecule has 4 atom stereocenters. The SMILES string of the molecule is C.CCOC(=O)N[C@@H](C)C(=O)N[C@@H](Cc1ccccc1)[C@H](O)C(=O)N1CSC(C)(C)[C@H]1C(=O)NCc1ccccc1C.[I][V]([I])[I]. The Balaban J connectivity index is 0.00000199. The third-order valence-corrected chi connectivity index (χ3v) is 8.43. The third kappa shape index (κ3) is 14.0. The van der Waals surface area contributed by atoms with Gasteiger partial charge in [-0.2, -0.15) is 0 Å². The fourth-order valence-corrected chi connectivity index (χ4v) is 5.81. The summed E-state index contributed by atoms with van der Waals surface area (Å²) >= 11 is 8.83. The Bertz CT molecular complexity index is 1290. The van der Waals surface area contributed by atoms with E-state index >= 15 is 0 Å². The van der Waals surface area contributed by atoms with Gasteiger partial charge in [-0.1, -0.05) is 62.0 Å². The molecule has 0 aromatic heterocycles. The molecule has 0 saturated carbocycles. The fraction of sp³-hybridized carbons (Fsp3) is 0.484. The minimum absolute atomic E-state index is 0. The molecule has 2 aromatic carbocycles. The number of carbonyl (C=O) groups excluding carboxylic acids is 4. The summed E-state index contributed by atoms with van der Waals surface area (Å²) in [6, 6.07) is 14.0. The van der Waals surface area contributed by atoms with Gasteiger partial charge in [-0.15, -0.1) is 11.8 Å². The summed E-state index contributed by atoms with van der Waals surface area (Å²) in [4.78, 5) is 53.1. The molecule has 1 fully saturated rings. The number of rotatable bonds is 11. The summed E-state index contributed by atoms with van der Waals surface area (Å²) in [5.41, 5.74) is 2.81. The molecule has 15 heteroatoms. The molecular formula is C31H44I3N4O6SV. The van der Waals surface area contributed by atoms with Crippen molar-refractivity contribution in [1.82, 2.24) is 20.9 Å². The number of nitrogens with one attached hydrogen (secondary N) is 3. The molecule has 1 heterocycles. The number of alkyl carbamates (subject to hydrolysis) is 1. The quantitative estimate of drug-likeness (QED) is 0.209. The molecule has 256 valence electrons. The van der Waals surface area contributed by atoms with Crippen molar-refractivity contribution in [3.05, 3.63) is 71.3 Å². The summed E-state index contributed by atoms with van der Waals surface area (Å²) in [7, 11) is 0. The zero-order chi connectivity index (χ0) is 33.7. The molecule has 10 nitrogen and oxygen atoms in total. The monoisotopic (exact) mass is 1030 g/mol. The van der Waals surface area contributed by atoms with Crippen LogP contribution in [0, 0.1) is 6.92 Å². The number of nitrogens with zero attached hydrogens (tertiary/aromatic N) is 1. The van der Waals surface area contributed by atoms with E-state index in [0.29, 0.717) is 6.54 Å². The summed E-state index contributed by atoms with van der Waals surface area (Å²) in [6.45, 7) is 9.33. The van der Waals surface area contributed by atoms with Gasteiger partial charge in [0, 0.05) is 11.3 Å². The maximum absolute atomic E-state index is 13.8. The van der Waals surface area contributed by atoms with Gasteiger partial charge in [0.15, 0.2) is 6.10 Å². The van der Waals surface area contributed by atoms with Crippen LogP contribution in [-0.4, -0.2) is 75.3 Å². The van der Waals surface area contributed by atoms with Crippen molar-refractivity contribution in [1.29, 1.82) is 0 Å². The van der Waals surface area contributed by atoms with Crippen LogP contribution in [0.4, 0.5) is 4.79 Å². The van der Waals surface area contributed by atoms with Gasteiger partial charge in [0.25, 0.3) is 5.91 Å². The van der Waals surface area contributed by atoms with Crippen molar-refractivity contribution in [2.75, 3.05) is 12.5 Å². The topological polar surface area (TPSA) is 137 Å². The molecule has 1 saturated heterocycles. The van der Waals surface area contributed by atoms with Gasteiger partial charge in [0.05, 0.1) is 18.5 Å². The second-order valence-electron chi connectivity index (χ2n) is 10.8. The zero-order valence-electron chi connectivity index (χ0n) is 25.8. The number of carbonyl (C=O) groups is 4. The normalized spacial score (nSPS) is 16.9. The summed E-state index contributed by atoms with van der Waals surface area (Å²) in [5.74, 6) is -1.36. The van der Waals surface area contributed by atoms with Crippen molar-refractivity contribution in [3.63, 3.8) is 0 Å². The number of thioether (sulfide) groups is 1. The van der Waals surface area contributed by atoms with Crippen molar-refractivity contribution < 1.29 is 33.9 Å². The van der Waals surface area contributed by atoms with E-state index < -0.39 is 46.9 Å². The predicted octanol–water partition coefficient (Wildman–Crippen LogP) is 5.81. The van der Waals surface area contributed by atoms with Gasteiger partial charge in [-0.3, -0.25) is 14.4 Å². The molecule has 2 aromatic rings. The molecule has 0 bridgehead atoms. The molecule has 0 radical (unpaired) electrons. The Morgan fingerprint density at radius 1 is 1.07 bits per heavy atom.